The summed E-state index contributed by atoms with van der Waals surface area (Å²) in [6.45, 7) is -0.458. The Labute approximate surface area is 165 Å². The van der Waals surface area contributed by atoms with E-state index in [1.807, 2.05) is 35.7 Å². The maximum absolute atomic E-state index is 12.4. The van der Waals surface area contributed by atoms with Crippen molar-refractivity contribution in [3.8, 4) is 22.8 Å². The van der Waals surface area contributed by atoms with Gasteiger partial charge < -0.3 is 14.2 Å². The van der Waals surface area contributed by atoms with Crippen LogP contribution in [0.25, 0.3) is 11.3 Å². The molecule has 0 atom stereocenters. The number of benzene rings is 2. The second-order valence-corrected chi connectivity index (χ2v) is 6.42. The number of anilines is 1. The van der Waals surface area contributed by atoms with Crippen LogP contribution < -0.4 is 14.8 Å². The van der Waals surface area contributed by atoms with E-state index in [-0.39, 0.29) is 5.56 Å². The lowest BCUT2D eigenvalue weighted by Gasteiger charge is -2.12. The zero-order valence-electron chi connectivity index (χ0n) is 15.3. The summed E-state index contributed by atoms with van der Waals surface area (Å²) >= 11 is 1.29. The molecule has 0 aliphatic heterocycles. The summed E-state index contributed by atoms with van der Waals surface area (Å²) in [7, 11) is 2.87. The van der Waals surface area contributed by atoms with Gasteiger partial charge in [-0.05, 0) is 12.1 Å². The van der Waals surface area contributed by atoms with Gasteiger partial charge in [0.15, 0.2) is 11.7 Å². The van der Waals surface area contributed by atoms with Crippen LogP contribution in [0, 0.1) is 0 Å². The number of nitrogens with one attached hydrogen (secondary N) is 1. The first-order chi connectivity index (χ1) is 13.6. The first-order valence-electron chi connectivity index (χ1n) is 8.31. The first kappa shape index (κ1) is 19.4. The minimum absolute atomic E-state index is 0.126. The highest BCUT2D eigenvalue weighted by Gasteiger charge is 2.21. The third-order valence-electron chi connectivity index (χ3n) is 3.79. The molecular formula is C20H18N2O5S. The molecule has 0 radical (unpaired) electrons. The van der Waals surface area contributed by atoms with Gasteiger partial charge in [-0.1, -0.05) is 36.4 Å². The van der Waals surface area contributed by atoms with Crippen LogP contribution in [-0.2, 0) is 9.53 Å². The van der Waals surface area contributed by atoms with E-state index in [1.165, 1.54) is 25.6 Å². The molecule has 1 amide bonds. The average molecular weight is 398 g/mol. The van der Waals surface area contributed by atoms with Crippen molar-refractivity contribution in [2.45, 2.75) is 0 Å². The van der Waals surface area contributed by atoms with E-state index in [2.05, 4.69) is 10.3 Å². The maximum Gasteiger partial charge on any atom is 0.346 e. The highest BCUT2D eigenvalue weighted by Crippen LogP contribution is 2.29. The lowest BCUT2D eigenvalue weighted by Crippen LogP contribution is -2.21. The number of ether oxygens (including phenoxy) is 3. The summed E-state index contributed by atoms with van der Waals surface area (Å²) in [5.74, 6) is -0.598. The van der Waals surface area contributed by atoms with Gasteiger partial charge in [0.25, 0.3) is 5.91 Å². The van der Waals surface area contributed by atoms with Gasteiger partial charge in [-0.15, -0.1) is 11.3 Å². The molecular weight excluding hydrogens is 380 g/mol. The topological polar surface area (TPSA) is 86.8 Å². The van der Waals surface area contributed by atoms with E-state index in [0.717, 1.165) is 11.3 Å². The fourth-order valence-electron chi connectivity index (χ4n) is 2.48. The van der Waals surface area contributed by atoms with Crippen LogP contribution in [0.4, 0.5) is 5.13 Å². The fourth-order valence-corrected chi connectivity index (χ4v) is 3.22. The van der Waals surface area contributed by atoms with Crippen molar-refractivity contribution in [3.63, 3.8) is 0 Å². The SMILES string of the molecule is COc1cccc(OC)c1C(=O)OCC(=O)Nc1nc(-c2ccccc2)cs1. The van der Waals surface area contributed by atoms with Crippen molar-refractivity contribution in [1.29, 1.82) is 0 Å². The molecule has 1 heterocycles. The summed E-state index contributed by atoms with van der Waals surface area (Å²) in [6.07, 6.45) is 0. The molecule has 3 rings (SSSR count). The molecule has 0 aliphatic carbocycles. The number of carbonyl (C=O) groups is 2. The highest BCUT2D eigenvalue weighted by molar-refractivity contribution is 7.14. The molecule has 0 unspecified atom stereocenters. The summed E-state index contributed by atoms with van der Waals surface area (Å²) in [5, 5.41) is 4.89. The molecule has 144 valence electrons. The number of hydrogen-bond acceptors (Lipinski definition) is 7. The predicted molar refractivity (Wildman–Crippen MR) is 106 cm³/mol. The summed E-state index contributed by atoms with van der Waals surface area (Å²) in [4.78, 5) is 28.9. The fraction of sp³-hybridized carbons (Fsp3) is 0.150. The smallest absolute Gasteiger partial charge is 0.346 e. The Hall–Kier alpha value is -3.39. The minimum atomic E-state index is -0.714. The zero-order valence-corrected chi connectivity index (χ0v) is 16.1. The van der Waals surface area contributed by atoms with Crippen LogP contribution in [0.3, 0.4) is 0 Å². The second-order valence-electron chi connectivity index (χ2n) is 5.57. The minimum Gasteiger partial charge on any atom is -0.496 e. The number of rotatable bonds is 7. The van der Waals surface area contributed by atoms with Gasteiger partial charge in [0.2, 0.25) is 0 Å². The third-order valence-corrected chi connectivity index (χ3v) is 4.54. The van der Waals surface area contributed by atoms with Crippen LogP contribution >= 0.6 is 11.3 Å². The summed E-state index contributed by atoms with van der Waals surface area (Å²) in [6, 6.07) is 14.5. The van der Waals surface area contributed by atoms with E-state index in [1.54, 1.807) is 18.2 Å². The van der Waals surface area contributed by atoms with Gasteiger partial charge >= 0.3 is 5.97 Å². The number of hydrogen-bond donors (Lipinski definition) is 1. The molecule has 0 bridgehead atoms. The molecule has 1 aromatic heterocycles. The lowest BCUT2D eigenvalue weighted by atomic mass is 10.2. The first-order valence-corrected chi connectivity index (χ1v) is 9.19. The summed E-state index contributed by atoms with van der Waals surface area (Å²) in [5.41, 5.74) is 1.84. The van der Waals surface area contributed by atoms with Gasteiger partial charge in [-0.2, -0.15) is 0 Å². The average Bonchev–Trinajstić information content (AvgIpc) is 3.20. The van der Waals surface area contributed by atoms with Gasteiger partial charge in [0.1, 0.15) is 17.1 Å². The third kappa shape index (κ3) is 4.47. The Morgan fingerprint density at radius 3 is 2.32 bits per heavy atom. The Morgan fingerprint density at radius 2 is 1.68 bits per heavy atom. The molecule has 3 aromatic rings. The highest BCUT2D eigenvalue weighted by atomic mass is 32.1. The predicted octanol–water partition coefficient (Wildman–Crippen LogP) is 3.62. The Bertz CT molecular complexity index is 949. The van der Waals surface area contributed by atoms with Gasteiger partial charge in [0, 0.05) is 10.9 Å². The second kappa shape index (κ2) is 9.01. The molecule has 0 fully saturated rings. The van der Waals surface area contributed by atoms with Crippen LogP contribution in [-0.4, -0.2) is 37.7 Å². The number of amides is 1. The number of methoxy groups -OCH3 is 2. The summed E-state index contributed by atoms with van der Waals surface area (Å²) < 4.78 is 15.4. The number of carbonyl (C=O) groups excluding carboxylic acids is 2. The normalized spacial score (nSPS) is 10.2. The Kier molecular flexibility index (Phi) is 6.23. The van der Waals surface area contributed by atoms with Crippen molar-refractivity contribution in [2.75, 3.05) is 26.1 Å². The van der Waals surface area contributed by atoms with E-state index < -0.39 is 18.5 Å². The van der Waals surface area contributed by atoms with Crippen molar-refractivity contribution >= 4 is 28.3 Å². The molecule has 0 saturated heterocycles. The van der Waals surface area contributed by atoms with E-state index in [0.29, 0.717) is 16.6 Å². The van der Waals surface area contributed by atoms with Crippen molar-refractivity contribution < 1.29 is 23.8 Å². The van der Waals surface area contributed by atoms with Crippen LogP contribution in [0.2, 0.25) is 0 Å². The number of aromatic nitrogens is 1. The molecule has 8 heteroatoms. The van der Waals surface area contributed by atoms with Crippen molar-refractivity contribution in [1.82, 2.24) is 4.98 Å². The number of esters is 1. The Balaban J connectivity index is 1.61. The molecule has 28 heavy (non-hydrogen) atoms. The van der Waals surface area contributed by atoms with Crippen LogP contribution in [0.15, 0.2) is 53.9 Å². The van der Waals surface area contributed by atoms with Crippen molar-refractivity contribution in [2.24, 2.45) is 0 Å². The quantitative estimate of drug-likeness (QED) is 0.612. The monoisotopic (exact) mass is 398 g/mol. The van der Waals surface area contributed by atoms with Crippen molar-refractivity contribution in [3.05, 3.63) is 59.5 Å². The molecule has 0 aliphatic rings. The van der Waals surface area contributed by atoms with Gasteiger partial charge in [0.05, 0.1) is 19.9 Å². The van der Waals surface area contributed by atoms with Crippen LogP contribution in [0.5, 0.6) is 11.5 Å². The number of nitrogens with zero attached hydrogens (tertiary/aromatic N) is 1. The largest absolute Gasteiger partial charge is 0.496 e. The van der Waals surface area contributed by atoms with Gasteiger partial charge in [-0.3, -0.25) is 10.1 Å². The standard InChI is InChI=1S/C20H18N2O5S/c1-25-15-9-6-10-16(26-2)18(15)19(24)27-11-17(23)22-20-21-14(12-28-20)13-7-4-3-5-8-13/h3-10,12H,11H2,1-2H3,(H,21,22,23). The molecule has 0 spiro atoms. The Morgan fingerprint density at radius 1 is 1.00 bits per heavy atom. The number of thiazole rings is 1. The van der Waals surface area contributed by atoms with E-state index in [4.69, 9.17) is 14.2 Å². The van der Waals surface area contributed by atoms with E-state index >= 15 is 0 Å². The maximum atomic E-state index is 12.4. The molecule has 7 nitrogen and oxygen atoms in total. The molecule has 0 saturated carbocycles. The lowest BCUT2D eigenvalue weighted by molar-refractivity contribution is -0.119. The van der Waals surface area contributed by atoms with E-state index in [9.17, 15) is 9.59 Å². The zero-order chi connectivity index (χ0) is 19.9. The molecule has 1 N–H and O–H groups in total. The van der Waals surface area contributed by atoms with Gasteiger partial charge in [-0.25, -0.2) is 9.78 Å². The molecule has 2 aromatic carbocycles. The van der Waals surface area contributed by atoms with Crippen LogP contribution in [0.1, 0.15) is 10.4 Å².